The molecule has 6 nitrogen and oxygen atoms in total. The zero-order chi connectivity index (χ0) is 11.4. The zero-order valence-corrected chi connectivity index (χ0v) is 9.78. The van der Waals surface area contributed by atoms with Gasteiger partial charge in [0, 0.05) is 5.75 Å². The fourth-order valence-corrected chi connectivity index (χ4v) is 1.58. The van der Waals surface area contributed by atoms with E-state index in [9.17, 15) is 0 Å². The number of fused-ring (bicyclic) bond motifs is 1. The summed E-state index contributed by atoms with van der Waals surface area (Å²) in [7, 11) is 0. The zero-order valence-electron chi connectivity index (χ0n) is 8.96. The number of anilines is 1. The number of thioether (sulfide) groups is 1. The summed E-state index contributed by atoms with van der Waals surface area (Å²) in [5.74, 6) is 1.37. The molecule has 2 heterocycles. The largest absolute Gasteiger partial charge is 0.382 e. The van der Waals surface area contributed by atoms with Gasteiger partial charge in [0.1, 0.15) is 18.6 Å². The van der Waals surface area contributed by atoms with Gasteiger partial charge in [0.05, 0.1) is 12.9 Å². The van der Waals surface area contributed by atoms with Crippen LogP contribution < -0.4 is 5.73 Å². The molecule has 86 valence electrons. The van der Waals surface area contributed by atoms with Gasteiger partial charge in [0.25, 0.3) is 0 Å². The number of hydrogen-bond donors (Lipinski definition) is 1. The molecule has 0 amide bonds. The van der Waals surface area contributed by atoms with E-state index in [2.05, 4.69) is 15.0 Å². The fraction of sp³-hybridized carbons (Fsp3) is 0.444. The van der Waals surface area contributed by atoms with Crippen LogP contribution in [0, 0.1) is 0 Å². The van der Waals surface area contributed by atoms with Crippen LogP contribution >= 0.6 is 11.8 Å². The highest BCUT2D eigenvalue weighted by Gasteiger charge is 2.06. The normalized spacial score (nSPS) is 11.1. The van der Waals surface area contributed by atoms with Crippen LogP contribution in [-0.2, 0) is 11.5 Å². The second kappa shape index (κ2) is 5.13. The van der Waals surface area contributed by atoms with Crippen molar-refractivity contribution >= 4 is 28.7 Å². The number of hydrogen-bond acceptors (Lipinski definition) is 6. The van der Waals surface area contributed by atoms with Crippen LogP contribution in [0.3, 0.4) is 0 Å². The highest BCUT2D eigenvalue weighted by Crippen LogP contribution is 2.13. The van der Waals surface area contributed by atoms with E-state index in [0.717, 1.165) is 5.75 Å². The van der Waals surface area contributed by atoms with Crippen molar-refractivity contribution in [1.29, 1.82) is 0 Å². The van der Waals surface area contributed by atoms with E-state index in [0.29, 0.717) is 30.3 Å². The molecule has 0 saturated heterocycles. The van der Waals surface area contributed by atoms with E-state index in [1.165, 1.54) is 6.33 Å². The van der Waals surface area contributed by atoms with Gasteiger partial charge in [-0.1, -0.05) is 0 Å². The topological polar surface area (TPSA) is 78.9 Å². The van der Waals surface area contributed by atoms with E-state index < -0.39 is 0 Å². The van der Waals surface area contributed by atoms with E-state index >= 15 is 0 Å². The minimum absolute atomic E-state index is 0.396. The average Bonchev–Trinajstić information content (AvgIpc) is 2.70. The molecule has 16 heavy (non-hydrogen) atoms. The molecule has 0 spiro atoms. The van der Waals surface area contributed by atoms with Crippen LogP contribution in [0.5, 0.6) is 0 Å². The van der Waals surface area contributed by atoms with Crippen molar-refractivity contribution in [3.05, 3.63) is 12.7 Å². The molecule has 2 aromatic heterocycles. The van der Waals surface area contributed by atoms with E-state index in [1.54, 1.807) is 18.1 Å². The van der Waals surface area contributed by atoms with Crippen molar-refractivity contribution in [3.8, 4) is 0 Å². The summed E-state index contributed by atoms with van der Waals surface area (Å²) in [6.45, 7) is 1.15. The van der Waals surface area contributed by atoms with Gasteiger partial charge in [0.2, 0.25) is 0 Å². The van der Waals surface area contributed by atoms with Gasteiger partial charge in [-0.3, -0.25) is 4.57 Å². The van der Waals surface area contributed by atoms with Gasteiger partial charge in [-0.2, -0.15) is 11.8 Å². The lowest BCUT2D eigenvalue weighted by Crippen LogP contribution is -2.05. The van der Waals surface area contributed by atoms with Crippen LogP contribution in [0.25, 0.3) is 11.2 Å². The molecule has 0 aliphatic rings. The fourth-order valence-electron chi connectivity index (χ4n) is 1.30. The molecule has 0 fully saturated rings. The van der Waals surface area contributed by atoms with Crippen LogP contribution in [0.2, 0.25) is 0 Å². The van der Waals surface area contributed by atoms with Gasteiger partial charge >= 0.3 is 0 Å². The number of aromatic nitrogens is 4. The first kappa shape index (κ1) is 11.2. The molecule has 0 unspecified atom stereocenters. The molecule has 0 aliphatic carbocycles. The monoisotopic (exact) mass is 239 g/mol. The smallest absolute Gasteiger partial charge is 0.167 e. The van der Waals surface area contributed by atoms with Crippen LogP contribution in [0.1, 0.15) is 0 Å². The standard InChI is InChI=1S/C9H13N5OS/c1-16-3-2-15-6-14-5-13-7-8(10)11-4-12-9(7)14/h4-5H,2-3,6H2,1H3,(H2,10,11,12). The summed E-state index contributed by atoms with van der Waals surface area (Å²) in [4.78, 5) is 12.1. The lowest BCUT2D eigenvalue weighted by atomic mass is 10.5. The van der Waals surface area contributed by atoms with Gasteiger partial charge in [-0.15, -0.1) is 0 Å². The molecule has 7 heteroatoms. The first-order chi connectivity index (χ1) is 7.83. The van der Waals surface area contributed by atoms with Crippen LogP contribution in [0.4, 0.5) is 5.82 Å². The molecular formula is C9H13N5OS. The molecule has 0 radical (unpaired) electrons. The van der Waals surface area contributed by atoms with E-state index in [4.69, 9.17) is 10.5 Å². The highest BCUT2D eigenvalue weighted by atomic mass is 32.2. The number of ether oxygens (including phenoxy) is 1. The molecule has 0 aliphatic heterocycles. The second-order valence-corrected chi connectivity index (χ2v) is 4.16. The maximum absolute atomic E-state index is 5.67. The third kappa shape index (κ3) is 2.25. The molecule has 0 saturated carbocycles. The molecule has 2 N–H and O–H groups in total. The SMILES string of the molecule is CSCCOCn1cnc2c(N)ncnc21. The Kier molecular flexibility index (Phi) is 3.58. The van der Waals surface area contributed by atoms with Crippen molar-refractivity contribution in [2.75, 3.05) is 24.3 Å². The Morgan fingerprint density at radius 3 is 3.12 bits per heavy atom. The molecule has 2 aromatic rings. The van der Waals surface area contributed by atoms with Crippen molar-refractivity contribution in [2.45, 2.75) is 6.73 Å². The number of nitrogens with zero attached hydrogens (tertiary/aromatic N) is 4. The lowest BCUT2D eigenvalue weighted by molar-refractivity contribution is 0.0922. The predicted molar refractivity (Wildman–Crippen MR) is 64.1 cm³/mol. The summed E-state index contributed by atoms with van der Waals surface area (Å²) in [5, 5.41) is 0. The molecule has 2 rings (SSSR count). The minimum atomic E-state index is 0.396. The molecule has 0 aromatic carbocycles. The number of nitrogen functional groups attached to an aromatic ring is 1. The number of nitrogens with two attached hydrogens (primary N) is 1. The summed E-state index contributed by atoms with van der Waals surface area (Å²) in [6, 6.07) is 0. The summed E-state index contributed by atoms with van der Waals surface area (Å²) >= 11 is 1.75. The number of imidazole rings is 1. The average molecular weight is 239 g/mol. The second-order valence-electron chi connectivity index (χ2n) is 3.18. The first-order valence-electron chi connectivity index (χ1n) is 4.81. The maximum atomic E-state index is 5.67. The molecule has 0 atom stereocenters. The molecular weight excluding hydrogens is 226 g/mol. The van der Waals surface area contributed by atoms with Gasteiger partial charge in [0.15, 0.2) is 11.5 Å². The van der Waals surface area contributed by atoms with E-state index in [-0.39, 0.29) is 0 Å². The van der Waals surface area contributed by atoms with Crippen molar-refractivity contribution in [2.24, 2.45) is 0 Å². The Balaban J connectivity index is 2.10. The number of rotatable bonds is 5. The van der Waals surface area contributed by atoms with Crippen LogP contribution in [0.15, 0.2) is 12.7 Å². The third-order valence-electron chi connectivity index (χ3n) is 2.09. The summed E-state index contributed by atoms with van der Waals surface area (Å²) in [6.07, 6.45) is 5.14. The predicted octanol–water partition coefficient (Wildman–Crippen LogP) is 0.746. The first-order valence-corrected chi connectivity index (χ1v) is 6.20. The van der Waals surface area contributed by atoms with Gasteiger partial charge in [-0.05, 0) is 6.26 Å². The van der Waals surface area contributed by atoms with Gasteiger partial charge in [-0.25, -0.2) is 15.0 Å². The Labute approximate surface area is 97.2 Å². The lowest BCUT2D eigenvalue weighted by Gasteiger charge is -2.04. The van der Waals surface area contributed by atoms with Gasteiger partial charge < -0.3 is 10.5 Å². The highest BCUT2D eigenvalue weighted by molar-refractivity contribution is 7.98. The Hall–Kier alpha value is -1.34. The van der Waals surface area contributed by atoms with Crippen molar-refractivity contribution in [1.82, 2.24) is 19.5 Å². The Morgan fingerprint density at radius 1 is 1.44 bits per heavy atom. The Morgan fingerprint density at radius 2 is 2.31 bits per heavy atom. The Bertz CT molecular complexity index is 472. The maximum Gasteiger partial charge on any atom is 0.167 e. The van der Waals surface area contributed by atoms with Crippen molar-refractivity contribution < 1.29 is 4.74 Å². The molecule has 0 bridgehead atoms. The minimum Gasteiger partial charge on any atom is -0.382 e. The summed E-state index contributed by atoms with van der Waals surface area (Å²) in [5.41, 5.74) is 7.00. The van der Waals surface area contributed by atoms with Crippen molar-refractivity contribution in [3.63, 3.8) is 0 Å². The quantitative estimate of drug-likeness (QED) is 0.775. The van der Waals surface area contributed by atoms with Crippen LogP contribution in [-0.4, -0.2) is 38.1 Å². The summed E-state index contributed by atoms with van der Waals surface area (Å²) < 4.78 is 7.28. The van der Waals surface area contributed by atoms with E-state index in [1.807, 2.05) is 10.8 Å². The third-order valence-corrected chi connectivity index (χ3v) is 2.67.